The van der Waals surface area contributed by atoms with Gasteiger partial charge in [0.15, 0.2) is 5.82 Å². The Morgan fingerprint density at radius 2 is 2.26 bits per heavy atom. The summed E-state index contributed by atoms with van der Waals surface area (Å²) in [6.07, 6.45) is 0. The summed E-state index contributed by atoms with van der Waals surface area (Å²) < 4.78 is 14.6. The van der Waals surface area contributed by atoms with Crippen LogP contribution in [0.25, 0.3) is 0 Å². The monoisotopic (exact) mass is 344 g/mol. The van der Waals surface area contributed by atoms with Crippen LogP contribution < -0.4 is 5.32 Å². The molecule has 7 heteroatoms. The van der Waals surface area contributed by atoms with Gasteiger partial charge in [0.1, 0.15) is 5.69 Å². The van der Waals surface area contributed by atoms with Gasteiger partial charge in [-0.05, 0) is 35.0 Å². The van der Waals surface area contributed by atoms with Gasteiger partial charge in [-0.25, -0.2) is 4.39 Å². The average molecular weight is 345 g/mol. The predicted molar refractivity (Wildman–Crippen MR) is 77.1 cm³/mol. The maximum atomic E-state index is 13.6. The van der Waals surface area contributed by atoms with Crippen LogP contribution in [0.5, 0.6) is 0 Å². The highest BCUT2D eigenvalue weighted by molar-refractivity contribution is 9.10. The van der Waals surface area contributed by atoms with Crippen molar-refractivity contribution in [3.63, 3.8) is 0 Å². The van der Waals surface area contributed by atoms with Gasteiger partial charge in [-0.3, -0.25) is 10.1 Å². The molecular formula is C12H10BrFN2O2S. The third-order valence-electron chi connectivity index (χ3n) is 2.54. The van der Waals surface area contributed by atoms with E-state index in [2.05, 4.69) is 21.2 Å². The van der Waals surface area contributed by atoms with Crippen molar-refractivity contribution in [1.82, 2.24) is 0 Å². The summed E-state index contributed by atoms with van der Waals surface area (Å²) in [6, 6.07) is 5.72. The number of nitro benzene ring substituents is 1. The number of halogens is 2. The lowest BCUT2D eigenvalue weighted by Crippen LogP contribution is -2.03. The Balaban J connectivity index is 2.21. The second-order valence-electron chi connectivity index (χ2n) is 3.86. The molecule has 1 heterocycles. The Hall–Kier alpha value is -1.47. The van der Waals surface area contributed by atoms with E-state index in [1.165, 1.54) is 18.2 Å². The molecular weight excluding hydrogens is 335 g/mol. The summed E-state index contributed by atoms with van der Waals surface area (Å²) in [6.45, 7) is 2.31. The molecule has 0 saturated heterocycles. The minimum atomic E-state index is -0.624. The van der Waals surface area contributed by atoms with Crippen molar-refractivity contribution in [1.29, 1.82) is 0 Å². The van der Waals surface area contributed by atoms with Crippen molar-refractivity contribution >= 4 is 38.6 Å². The fraction of sp³-hybridized carbons (Fsp3) is 0.167. The lowest BCUT2D eigenvalue weighted by atomic mass is 10.2. The number of aryl methyl sites for hydroxylation is 1. The van der Waals surface area contributed by atoms with E-state index in [1.807, 2.05) is 13.0 Å². The highest BCUT2D eigenvalue weighted by Gasteiger charge is 2.17. The topological polar surface area (TPSA) is 55.2 Å². The lowest BCUT2D eigenvalue weighted by Gasteiger charge is -2.06. The maximum Gasteiger partial charge on any atom is 0.295 e. The maximum absolute atomic E-state index is 13.6. The second kappa shape index (κ2) is 5.66. The Morgan fingerprint density at radius 3 is 2.84 bits per heavy atom. The van der Waals surface area contributed by atoms with E-state index in [9.17, 15) is 14.5 Å². The molecule has 0 aliphatic heterocycles. The van der Waals surface area contributed by atoms with Gasteiger partial charge in [-0.2, -0.15) is 0 Å². The average Bonchev–Trinajstić information content (AvgIpc) is 2.67. The molecule has 0 unspecified atom stereocenters. The van der Waals surface area contributed by atoms with E-state index < -0.39 is 10.7 Å². The number of nitrogens with zero attached hydrogens (tertiary/aromatic N) is 1. The number of nitro groups is 1. The van der Waals surface area contributed by atoms with Gasteiger partial charge in [0.2, 0.25) is 0 Å². The molecule has 1 aromatic carbocycles. The number of hydrogen-bond acceptors (Lipinski definition) is 4. The van der Waals surface area contributed by atoms with E-state index in [0.717, 1.165) is 14.2 Å². The van der Waals surface area contributed by atoms with E-state index in [0.29, 0.717) is 6.54 Å². The first kappa shape index (κ1) is 14.0. The lowest BCUT2D eigenvalue weighted by molar-refractivity contribution is -0.384. The van der Waals surface area contributed by atoms with Crippen molar-refractivity contribution in [2.24, 2.45) is 0 Å². The van der Waals surface area contributed by atoms with Crippen LogP contribution in [0.1, 0.15) is 9.75 Å². The number of anilines is 1. The molecule has 0 bridgehead atoms. The number of thiophene rings is 1. The molecule has 2 aromatic rings. The number of para-hydroxylation sites is 1. The van der Waals surface area contributed by atoms with Gasteiger partial charge in [0.05, 0.1) is 4.92 Å². The predicted octanol–water partition coefficient (Wildman–Crippen LogP) is 4.48. The third-order valence-corrected chi connectivity index (χ3v) is 4.67. The number of nitrogens with one attached hydrogen (secondary N) is 1. The number of rotatable bonds is 4. The molecule has 0 spiro atoms. The SMILES string of the molecule is Cc1sc(CNc2c(F)cccc2[N+](=O)[O-])cc1Br. The van der Waals surface area contributed by atoms with Gasteiger partial charge in [-0.1, -0.05) is 6.07 Å². The van der Waals surface area contributed by atoms with Crippen molar-refractivity contribution in [2.75, 3.05) is 5.32 Å². The normalized spacial score (nSPS) is 10.5. The quantitative estimate of drug-likeness (QED) is 0.657. The number of benzene rings is 1. The van der Waals surface area contributed by atoms with Crippen LogP contribution in [0, 0.1) is 22.9 Å². The molecule has 1 aromatic heterocycles. The Morgan fingerprint density at radius 1 is 1.53 bits per heavy atom. The van der Waals surface area contributed by atoms with Crippen LogP contribution in [0.15, 0.2) is 28.7 Å². The molecule has 0 fully saturated rings. The Bertz CT molecular complexity index is 611. The van der Waals surface area contributed by atoms with Crippen LogP contribution in [-0.4, -0.2) is 4.92 Å². The highest BCUT2D eigenvalue weighted by Crippen LogP contribution is 2.30. The summed E-state index contributed by atoms with van der Waals surface area (Å²) >= 11 is 4.95. The fourth-order valence-electron chi connectivity index (χ4n) is 1.62. The van der Waals surface area contributed by atoms with Gasteiger partial charge >= 0.3 is 0 Å². The first-order chi connectivity index (χ1) is 8.99. The van der Waals surface area contributed by atoms with Crippen molar-refractivity contribution < 1.29 is 9.31 Å². The molecule has 0 radical (unpaired) electrons. The van der Waals surface area contributed by atoms with Crippen LogP contribution in [0.4, 0.5) is 15.8 Å². The minimum Gasteiger partial charge on any atom is -0.372 e. The van der Waals surface area contributed by atoms with E-state index in [-0.39, 0.29) is 11.4 Å². The molecule has 0 saturated carbocycles. The van der Waals surface area contributed by atoms with E-state index in [4.69, 9.17) is 0 Å². The van der Waals surface area contributed by atoms with E-state index in [1.54, 1.807) is 11.3 Å². The summed E-state index contributed by atoms with van der Waals surface area (Å²) in [7, 11) is 0. The van der Waals surface area contributed by atoms with Crippen molar-refractivity contribution in [3.05, 3.63) is 54.4 Å². The molecule has 0 atom stereocenters. The summed E-state index contributed by atoms with van der Waals surface area (Å²) in [5, 5.41) is 13.6. The Kier molecular flexibility index (Phi) is 4.16. The molecule has 19 heavy (non-hydrogen) atoms. The van der Waals surface area contributed by atoms with Gasteiger partial charge in [0, 0.05) is 26.8 Å². The van der Waals surface area contributed by atoms with Crippen molar-refractivity contribution in [2.45, 2.75) is 13.5 Å². The molecule has 4 nitrogen and oxygen atoms in total. The first-order valence-electron chi connectivity index (χ1n) is 5.40. The molecule has 0 amide bonds. The van der Waals surface area contributed by atoms with Crippen LogP contribution in [0.2, 0.25) is 0 Å². The summed E-state index contributed by atoms with van der Waals surface area (Å²) in [5.41, 5.74) is -0.331. The zero-order valence-corrected chi connectivity index (χ0v) is 12.3. The van der Waals surface area contributed by atoms with Gasteiger partial charge < -0.3 is 5.32 Å². The first-order valence-corrected chi connectivity index (χ1v) is 7.01. The molecule has 0 aliphatic carbocycles. The van der Waals surface area contributed by atoms with Gasteiger partial charge in [-0.15, -0.1) is 11.3 Å². The minimum absolute atomic E-state index is 0.0744. The van der Waals surface area contributed by atoms with Crippen LogP contribution >= 0.6 is 27.3 Å². The number of hydrogen-bond donors (Lipinski definition) is 1. The second-order valence-corrected chi connectivity index (χ2v) is 6.06. The van der Waals surface area contributed by atoms with E-state index >= 15 is 0 Å². The Labute approximate surface area is 121 Å². The standard InChI is InChI=1S/C12H10BrFN2O2S/c1-7-9(13)5-8(19-7)6-15-12-10(14)3-2-4-11(12)16(17)18/h2-5,15H,6H2,1H3. The smallest absolute Gasteiger partial charge is 0.295 e. The summed E-state index contributed by atoms with van der Waals surface area (Å²) in [5.74, 6) is -0.624. The highest BCUT2D eigenvalue weighted by atomic mass is 79.9. The summed E-state index contributed by atoms with van der Waals surface area (Å²) in [4.78, 5) is 12.3. The molecule has 1 N–H and O–H groups in total. The largest absolute Gasteiger partial charge is 0.372 e. The zero-order valence-electron chi connectivity index (χ0n) is 9.94. The molecule has 100 valence electrons. The molecule has 2 rings (SSSR count). The zero-order chi connectivity index (χ0) is 14.0. The third kappa shape index (κ3) is 3.10. The van der Waals surface area contributed by atoms with Crippen molar-refractivity contribution in [3.8, 4) is 0 Å². The van der Waals surface area contributed by atoms with Crippen LogP contribution in [-0.2, 0) is 6.54 Å². The molecule has 0 aliphatic rings. The van der Waals surface area contributed by atoms with Gasteiger partial charge in [0.25, 0.3) is 5.69 Å². The van der Waals surface area contributed by atoms with Crippen LogP contribution in [0.3, 0.4) is 0 Å². The fourth-order valence-corrected chi connectivity index (χ4v) is 3.16.